The van der Waals surface area contributed by atoms with Gasteiger partial charge in [-0.05, 0) is 50.1 Å². The number of carbonyl (C=O) groups excluding carboxylic acids is 2. The number of para-hydroxylation sites is 1. The number of carbonyl (C=O) groups is 2. The summed E-state index contributed by atoms with van der Waals surface area (Å²) in [5, 5.41) is 2.93. The molecule has 0 aromatic heterocycles. The molecule has 6 nitrogen and oxygen atoms in total. The van der Waals surface area contributed by atoms with Crippen LogP contribution in [-0.2, 0) is 16.0 Å². The third-order valence-electron chi connectivity index (χ3n) is 5.54. The number of nitrogens with one attached hydrogen (secondary N) is 1. The van der Waals surface area contributed by atoms with E-state index >= 15 is 0 Å². The van der Waals surface area contributed by atoms with Gasteiger partial charge in [-0.25, -0.2) is 0 Å². The fourth-order valence-corrected chi connectivity index (χ4v) is 3.73. The predicted octanol–water partition coefficient (Wildman–Crippen LogP) is 4.76. The lowest BCUT2D eigenvalue weighted by Crippen LogP contribution is -2.46. The van der Waals surface area contributed by atoms with Crippen LogP contribution in [0.25, 0.3) is 0 Å². The van der Waals surface area contributed by atoms with Gasteiger partial charge in [0, 0.05) is 18.2 Å². The van der Waals surface area contributed by atoms with Gasteiger partial charge in [-0.15, -0.1) is 0 Å². The Morgan fingerprint density at radius 2 is 1.82 bits per heavy atom. The van der Waals surface area contributed by atoms with Crippen molar-refractivity contribution < 1.29 is 19.1 Å². The molecule has 1 N–H and O–H groups in total. The lowest BCUT2D eigenvalue weighted by Gasteiger charge is -2.33. The van der Waals surface area contributed by atoms with Gasteiger partial charge in [-0.2, -0.15) is 0 Å². The van der Waals surface area contributed by atoms with E-state index in [2.05, 4.69) is 5.32 Å². The maximum absolute atomic E-state index is 12.7. The zero-order valence-corrected chi connectivity index (χ0v) is 18.9. The molecule has 0 bridgehead atoms. The third-order valence-corrected chi connectivity index (χ3v) is 5.54. The van der Waals surface area contributed by atoms with Gasteiger partial charge in [0.15, 0.2) is 6.10 Å². The van der Waals surface area contributed by atoms with Gasteiger partial charge in [-0.1, -0.05) is 48.0 Å². The standard InChI is InChI=1S/C27H28N2O4/c1-19-8-10-21(11-9-19)12-15-26(30)28-22-13-14-24-25(18-22)33-20(2)27(31)29(24)16-17-32-23-6-4-3-5-7-23/h3-11,13-14,18,20H,12,15-17H2,1-2H3,(H,28,30). The Kier molecular flexibility index (Phi) is 6.93. The summed E-state index contributed by atoms with van der Waals surface area (Å²) in [6.07, 6.45) is 0.453. The number of aryl methyl sites for hydroxylation is 2. The van der Waals surface area contributed by atoms with Gasteiger partial charge in [0.1, 0.15) is 18.1 Å². The van der Waals surface area contributed by atoms with Gasteiger partial charge in [-0.3, -0.25) is 9.59 Å². The monoisotopic (exact) mass is 444 g/mol. The Labute approximate surface area is 194 Å². The van der Waals surface area contributed by atoms with Crippen molar-refractivity contribution >= 4 is 23.2 Å². The molecule has 0 saturated carbocycles. The van der Waals surface area contributed by atoms with E-state index in [1.54, 1.807) is 30.0 Å². The summed E-state index contributed by atoms with van der Waals surface area (Å²) in [5.41, 5.74) is 3.65. The van der Waals surface area contributed by atoms with Crippen molar-refractivity contribution in [2.75, 3.05) is 23.4 Å². The molecule has 1 aliphatic heterocycles. The molecule has 0 radical (unpaired) electrons. The number of hydrogen-bond donors (Lipinski definition) is 1. The number of ether oxygens (including phenoxy) is 2. The van der Waals surface area contributed by atoms with Gasteiger partial charge in [0.05, 0.1) is 12.2 Å². The molecule has 0 fully saturated rings. The molecule has 1 atom stereocenters. The van der Waals surface area contributed by atoms with Crippen molar-refractivity contribution in [3.05, 3.63) is 83.9 Å². The largest absolute Gasteiger partial charge is 0.492 e. The Bertz CT molecular complexity index is 1110. The van der Waals surface area contributed by atoms with Crippen molar-refractivity contribution in [2.45, 2.75) is 32.8 Å². The number of fused-ring (bicyclic) bond motifs is 1. The fraction of sp³-hybridized carbons (Fsp3) is 0.259. The second kappa shape index (κ2) is 10.2. The van der Waals surface area contributed by atoms with Crippen LogP contribution in [-0.4, -0.2) is 31.1 Å². The molecule has 1 aliphatic rings. The van der Waals surface area contributed by atoms with Gasteiger partial charge in [0.25, 0.3) is 5.91 Å². The van der Waals surface area contributed by atoms with Crippen LogP contribution in [0.2, 0.25) is 0 Å². The first-order valence-corrected chi connectivity index (χ1v) is 11.1. The highest BCUT2D eigenvalue weighted by molar-refractivity contribution is 6.00. The molecule has 1 heterocycles. The van der Waals surface area contributed by atoms with Crippen LogP contribution in [0.3, 0.4) is 0 Å². The average molecular weight is 445 g/mol. The molecule has 33 heavy (non-hydrogen) atoms. The molecule has 6 heteroatoms. The maximum Gasteiger partial charge on any atom is 0.267 e. The van der Waals surface area contributed by atoms with Crippen molar-refractivity contribution in [1.29, 1.82) is 0 Å². The van der Waals surface area contributed by atoms with Crippen LogP contribution in [0.5, 0.6) is 11.5 Å². The predicted molar refractivity (Wildman–Crippen MR) is 129 cm³/mol. The minimum atomic E-state index is -0.610. The fourth-order valence-electron chi connectivity index (χ4n) is 3.73. The number of amides is 2. The number of hydrogen-bond acceptors (Lipinski definition) is 4. The van der Waals surface area contributed by atoms with Gasteiger partial charge in [0.2, 0.25) is 5.91 Å². The number of rotatable bonds is 8. The average Bonchev–Trinajstić information content (AvgIpc) is 2.82. The third kappa shape index (κ3) is 5.71. The molecule has 0 saturated heterocycles. The smallest absolute Gasteiger partial charge is 0.267 e. The van der Waals surface area contributed by atoms with Crippen molar-refractivity contribution in [1.82, 2.24) is 0 Å². The summed E-state index contributed by atoms with van der Waals surface area (Å²) < 4.78 is 11.6. The van der Waals surface area contributed by atoms with E-state index in [0.717, 1.165) is 11.3 Å². The SMILES string of the molecule is Cc1ccc(CCC(=O)Nc2ccc3c(c2)OC(C)C(=O)N3CCOc2ccccc2)cc1. The topological polar surface area (TPSA) is 67.9 Å². The normalized spacial score (nSPS) is 14.9. The van der Waals surface area contributed by atoms with E-state index in [4.69, 9.17) is 9.47 Å². The minimum absolute atomic E-state index is 0.0661. The Morgan fingerprint density at radius 3 is 2.58 bits per heavy atom. The van der Waals surface area contributed by atoms with Crippen LogP contribution in [0.1, 0.15) is 24.5 Å². The van der Waals surface area contributed by atoms with E-state index in [9.17, 15) is 9.59 Å². The molecular formula is C27H28N2O4. The highest BCUT2D eigenvalue weighted by Crippen LogP contribution is 2.36. The highest BCUT2D eigenvalue weighted by atomic mass is 16.5. The van der Waals surface area contributed by atoms with Gasteiger partial charge < -0.3 is 19.7 Å². The van der Waals surface area contributed by atoms with E-state index in [1.807, 2.05) is 61.5 Å². The molecule has 3 aromatic rings. The Balaban J connectivity index is 1.38. The maximum atomic E-state index is 12.7. The summed E-state index contributed by atoms with van der Waals surface area (Å²) in [5.74, 6) is 1.14. The molecule has 3 aromatic carbocycles. The number of benzene rings is 3. The quantitative estimate of drug-likeness (QED) is 0.544. The van der Waals surface area contributed by atoms with Crippen LogP contribution in [0.4, 0.5) is 11.4 Å². The van der Waals surface area contributed by atoms with Crippen molar-refractivity contribution in [3.8, 4) is 11.5 Å². The van der Waals surface area contributed by atoms with E-state index in [-0.39, 0.29) is 11.8 Å². The second-order valence-corrected chi connectivity index (χ2v) is 8.13. The molecule has 0 spiro atoms. The summed E-state index contributed by atoms with van der Waals surface area (Å²) in [7, 11) is 0. The molecule has 4 rings (SSSR count). The summed E-state index contributed by atoms with van der Waals surface area (Å²) in [6, 6.07) is 23.1. The van der Waals surface area contributed by atoms with E-state index < -0.39 is 6.10 Å². The Morgan fingerprint density at radius 1 is 1.06 bits per heavy atom. The van der Waals surface area contributed by atoms with Crippen LogP contribution >= 0.6 is 0 Å². The van der Waals surface area contributed by atoms with Crippen molar-refractivity contribution in [2.24, 2.45) is 0 Å². The first kappa shape index (κ1) is 22.4. The lowest BCUT2D eigenvalue weighted by molar-refractivity contribution is -0.125. The van der Waals surface area contributed by atoms with E-state index in [0.29, 0.717) is 43.1 Å². The van der Waals surface area contributed by atoms with Crippen LogP contribution < -0.4 is 19.7 Å². The summed E-state index contributed by atoms with van der Waals surface area (Å²) >= 11 is 0. The first-order chi connectivity index (χ1) is 16.0. The molecule has 1 unspecified atom stereocenters. The number of anilines is 2. The second-order valence-electron chi connectivity index (χ2n) is 8.13. The molecular weight excluding hydrogens is 416 g/mol. The Hall–Kier alpha value is -3.80. The lowest BCUT2D eigenvalue weighted by atomic mass is 10.1. The van der Waals surface area contributed by atoms with E-state index in [1.165, 1.54) is 5.56 Å². The summed E-state index contributed by atoms with van der Waals surface area (Å²) in [4.78, 5) is 26.8. The van der Waals surface area contributed by atoms with Crippen LogP contribution in [0.15, 0.2) is 72.8 Å². The zero-order chi connectivity index (χ0) is 23.2. The first-order valence-electron chi connectivity index (χ1n) is 11.1. The zero-order valence-electron chi connectivity index (χ0n) is 18.9. The summed E-state index contributed by atoms with van der Waals surface area (Å²) in [6.45, 7) is 4.53. The van der Waals surface area contributed by atoms with Crippen molar-refractivity contribution in [3.63, 3.8) is 0 Å². The number of nitrogens with zero attached hydrogens (tertiary/aromatic N) is 1. The highest BCUT2D eigenvalue weighted by Gasteiger charge is 2.31. The molecule has 0 aliphatic carbocycles. The van der Waals surface area contributed by atoms with Crippen LogP contribution in [0, 0.1) is 6.92 Å². The van der Waals surface area contributed by atoms with Gasteiger partial charge >= 0.3 is 0 Å². The minimum Gasteiger partial charge on any atom is -0.492 e. The molecule has 170 valence electrons. The molecule has 2 amide bonds.